The SMILES string of the molecule is COc1ccc(Cl)c(/C(O)=C2\C(=O)C(=O)N(c3ccc(C#N)cc3)C2c2cccnc2)c1. The van der Waals surface area contributed by atoms with Crippen LogP contribution in [0.5, 0.6) is 5.75 Å². The van der Waals surface area contributed by atoms with Crippen molar-refractivity contribution >= 4 is 34.7 Å². The first-order valence-electron chi connectivity index (χ1n) is 9.51. The first-order chi connectivity index (χ1) is 15.5. The van der Waals surface area contributed by atoms with Crippen molar-refractivity contribution in [1.82, 2.24) is 4.98 Å². The van der Waals surface area contributed by atoms with Gasteiger partial charge >= 0.3 is 0 Å². The van der Waals surface area contributed by atoms with E-state index >= 15 is 0 Å². The highest BCUT2D eigenvalue weighted by atomic mass is 35.5. The van der Waals surface area contributed by atoms with Crippen molar-refractivity contribution in [3.05, 3.63) is 94.3 Å². The number of aromatic nitrogens is 1. The molecule has 1 fully saturated rings. The molecule has 1 aromatic heterocycles. The molecule has 7 nitrogen and oxygen atoms in total. The molecule has 0 bridgehead atoms. The summed E-state index contributed by atoms with van der Waals surface area (Å²) in [6.45, 7) is 0. The first kappa shape index (κ1) is 21.1. The van der Waals surface area contributed by atoms with Gasteiger partial charge in [-0.2, -0.15) is 5.26 Å². The van der Waals surface area contributed by atoms with Crippen LogP contribution >= 0.6 is 11.6 Å². The fourth-order valence-electron chi connectivity index (χ4n) is 3.61. The van der Waals surface area contributed by atoms with Gasteiger partial charge in [0.15, 0.2) is 0 Å². The summed E-state index contributed by atoms with van der Waals surface area (Å²) in [6, 6.07) is 15.3. The Labute approximate surface area is 188 Å². The summed E-state index contributed by atoms with van der Waals surface area (Å²) in [5, 5.41) is 20.4. The molecule has 1 amide bonds. The summed E-state index contributed by atoms with van der Waals surface area (Å²) >= 11 is 6.29. The third-order valence-corrected chi connectivity index (χ3v) is 5.48. The number of carbonyl (C=O) groups excluding carboxylic acids is 2. The molecule has 1 unspecified atom stereocenters. The van der Waals surface area contributed by atoms with Crippen molar-refractivity contribution in [2.45, 2.75) is 6.04 Å². The van der Waals surface area contributed by atoms with E-state index < -0.39 is 23.5 Å². The number of methoxy groups -OCH3 is 1. The minimum Gasteiger partial charge on any atom is -0.507 e. The summed E-state index contributed by atoms with van der Waals surface area (Å²) < 4.78 is 5.20. The van der Waals surface area contributed by atoms with Gasteiger partial charge in [0, 0.05) is 23.6 Å². The lowest BCUT2D eigenvalue weighted by Crippen LogP contribution is -2.29. The Morgan fingerprint density at radius 2 is 1.94 bits per heavy atom. The van der Waals surface area contributed by atoms with Gasteiger partial charge in [0.1, 0.15) is 11.5 Å². The molecular formula is C24H16ClN3O4. The fourth-order valence-corrected chi connectivity index (χ4v) is 3.81. The molecule has 2 aromatic carbocycles. The highest BCUT2D eigenvalue weighted by Crippen LogP contribution is 2.43. The fraction of sp³-hybridized carbons (Fsp3) is 0.0833. The van der Waals surface area contributed by atoms with Gasteiger partial charge in [0.2, 0.25) is 0 Å². The molecule has 0 saturated carbocycles. The molecule has 1 aliphatic rings. The minimum absolute atomic E-state index is 0.123. The van der Waals surface area contributed by atoms with Crippen LogP contribution in [0.15, 0.2) is 72.6 Å². The van der Waals surface area contributed by atoms with E-state index in [1.54, 1.807) is 48.7 Å². The lowest BCUT2D eigenvalue weighted by molar-refractivity contribution is -0.132. The maximum atomic E-state index is 13.1. The second kappa shape index (κ2) is 8.53. The molecule has 158 valence electrons. The predicted molar refractivity (Wildman–Crippen MR) is 118 cm³/mol. The molecule has 8 heteroatoms. The molecule has 3 aromatic rings. The van der Waals surface area contributed by atoms with Crippen LogP contribution in [0.3, 0.4) is 0 Å². The standard InChI is InChI=1S/C24H16ClN3O4/c1-32-17-8-9-19(25)18(11-17)22(29)20-21(15-3-2-10-27-13-15)28(24(31)23(20)30)16-6-4-14(12-26)5-7-16/h2-11,13,21,29H,1H3/b22-20+. The second-order valence-electron chi connectivity index (χ2n) is 6.96. The molecule has 0 radical (unpaired) electrons. The largest absolute Gasteiger partial charge is 0.507 e. The number of anilines is 1. The summed E-state index contributed by atoms with van der Waals surface area (Å²) in [6.07, 6.45) is 3.09. The monoisotopic (exact) mass is 445 g/mol. The molecule has 32 heavy (non-hydrogen) atoms. The van der Waals surface area contributed by atoms with E-state index in [9.17, 15) is 14.7 Å². The average molecular weight is 446 g/mol. The number of ether oxygens (including phenoxy) is 1. The molecule has 1 atom stereocenters. The number of aliphatic hydroxyl groups excluding tert-OH is 1. The van der Waals surface area contributed by atoms with Crippen molar-refractivity contribution in [3.8, 4) is 11.8 Å². The van der Waals surface area contributed by atoms with Crippen LogP contribution in [-0.4, -0.2) is 28.9 Å². The number of carbonyl (C=O) groups is 2. The van der Waals surface area contributed by atoms with E-state index in [1.165, 1.54) is 30.3 Å². The summed E-state index contributed by atoms with van der Waals surface area (Å²) in [4.78, 5) is 31.6. The highest BCUT2D eigenvalue weighted by molar-refractivity contribution is 6.52. The third-order valence-electron chi connectivity index (χ3n) is 5.15. The zero-order valence-electron chi connectivity index (χ0n) is 16.8. The normalized spacial score (nSPS) is 17.3. The van der Waals surface area contributed by atoms with E-state index in [-0.39, 0.29) is 16.2 Å². The lowest BCUT2D eigenvalue weighted by Gasteiger charge is -2.25. The molecule has 4 rings (SSSR count). The first-order valence-corrected chi connectivity index (χ1v) is 9.89. The van der Waals surface area contributed by atoms with Gasteiger partial charge in [-0.3, -0.25) is 19.5 Å². The smallest absolute Gasteiger partial charge is 0.300 e. The molecule has 1 aliphatic heterocycles. The molecule has 0 spiro atoms. The number of nitrogens with zero attached hydrogens (tertiary/aromatic N) is 3. The minimum atomic E-state index is -0.945. The number of hydrogen-bond donors (Lipinski definition) is 1. The van der Waals surface area contributed by atoms with Crippen LogP contribution < -0.4 is 9.64 Å². The Bertz CT molecular complexity index is 1280. The van der Waals surface area contributed by atoms with Crippen molar-refractivity contribution in [2.75, 3.05) is 12.0 Å². The predicted octanol–water partition coefficient (Wildman–Crippen LogP) is 4.24. The average Bonchev–Trinajstić information content (AvgIpc) is 3.10. The number of hydrogen-bond acceptors (Lipinski definition) is 6. The summed E-state index contributed by atoms with van der Waals surface area (Å²) in [5.41, 5.74) is 1.37. The van der Waals surface area contributed by atoms with Gasteiger partial charge in [-0.05, 0) is 54.1 Å². The van der Waals surface area contributed by atoms with E-state index in [2.05, 4.69) is 4.98 Å². The lowest BCUT2D eigenvalue weighted by atomic mass is 9.96. The van der Waals surface area contributed by atoms with Crippen LogP contribution in [0.4, 0.5) is 5.69 Å². The number of aliphatic hydroxyl groups is 1. The Balaban J connectivity index is 1.95. The number of Topliss-reactive ketones (excluding diaryl/α,β-unsaturated/α-hetero) is 1. The van der Waals surface area contributed by atoms with E-state index in [0.29, 0.717) is 22.6 Å². The van der Waals surface area contributed by atoms with Crippen LogP contribution in [0.1, 0.15) is 22.7 Å². The molecular weight excluding hydrogens is 430 g/mol. The Morgan fingerprint density at radius 3 is 2.56 bits per heavy atom. The topological polar surface area (TPSA) is 104 Å². The van der Waals surface area contributed by atoms with Crippen LogP contribution in [0.2, 0.25) is 5.02 Å². The zero-order valence-corrected chi connectivity index (χ0v) is 17.6. The van der Waals surface area contributed by atoms with Gasteiger partial charge in [0.05, 0.1) is 35.4 Å². The number of amides is 1. The molecule has 0 aliphatic carbocycles. The summed E-state index contributed by atoms with van der Waals surface area (Å²) in [7, 11) is 1.46. The molecule has 1 saturated heterocycles. The molecule has 2 heterocycles. The number of rotatable bonds is 4. The number of pyridine rings is 1. The van der Waals surface area contributed by atoms with Crippen LogP contribution in [0.25, 0.3) is 5.76 Å². The van der Waals surface area contributed by atoms with E-state index in [4.69, 9.17) is 21.6 Å². The Kier molecular flexibility index (Phi) is 5.63. The quantitative estimate of drug-likeness (QED) is 0.366. The Morgan fingerprint density at radius 1 is 1.19 bits per heavy atom. The number of benzene rings is 2. The maximum absolute atomic E-state index is 13.1. The maximum Gasteiger partial charge on any atom is 0.300 e. The van der Waals surface area contributed by atoms with Gasteiger partial charge in [-0.25, -0.2) is 0 Å². The van der Waals surface area contributed by atoms with Crippen LogP contribution in [0, 0.1) is 11.3 Å². The van der Waals surface area contributed by atoms with Gasteiger partial charge in [0.25, 0.3) is 11.7 Å². The zero-order chi connectivity index (χ0) is 22.8. The Hall–Kier alpha value is -4.15. The van der Waals surface area contributed by atoms with Gasteiger partial charge in [-0.15, -0.1) is 0 Å². The van der Waals surface area contributed by atoms with E-state index in [1.807, 2.05) is 6.07 Å². The van der Waals surface area contributed by atoms with Gasteiger partial charge in [-0.1, -0.05) is 17.7 Å². The van der Waals surface area contributed by atoms with Crippen molar-refractivity contribution < 1.29 is 19.4 Å². The summed E-state index contributed by atoms with van der Waals surface area (Å²) in [5.74, 6) is -1.67. The number of ketones is 1. The third kappa shape index (κ3) is 3.57. The van der Waals surface area contributed by atoms with E-state index in [0.717, 1.165) is 0 Å². The van der Waals surface area contributed by atoms with Gasteiger partial charge < -0.3 is 9.84 Å². The molecule has 1 N–H and O–H groups in total. The van der Waals surface area contributed by atoms with Crippen molar-refractivity contribution in [1.29, 1.82) is 5.26 Å². The number of halogens is 1. The highest BCUT2D eigenvalue weighted by Gasteiger charge is 2.47. The second-order valence-corrected chi connectivity index (χ2v) is 7.37. The number of nitriles is 1. The van der Waals surface area contributed by atoms with Crippen molar-refractivity contribution in [2.24, 2.45) is 0 Å². The van der Waals surface area contributed by atoms with Crippen molar-refractivity contribution in [3.63, 3.8) is 0 Å². The van der Waals surface area contributed by atoms with Crippen LogP contribution in [-0.2, 0) is 9.59 Å².